The number of para-hydroxylation sites is 1. The molecule has 0 unspecified atom stereocenters. The number of nitrogens with zero attached hydrogens (tertiary/aromatic N) is 1. The SMILES string of the molecule is c1ccc(C2(c3ccccc3)c3ccccc3-c3c(-c4ccccc4N(c4ccc(-c5ccc(-c6ccc7ccccc7c6)cc5)cc4)c4cccc5ccccc45)cccc32)cc1. The predicted octanol–water partition coefficient (Wildman–Crippen LogP) is 16.8. The molecule has 1 heteroatoms. The molecule has 11 aromatic rings. The molecule has 0 atom stereocenters. The fourth-order valence-corrected chi connectivity index (χ4v) is 10.5. The molecule has 0 heterocycles. The van der Waals surface area contributed by atoms with E-state index in [1.54, 1.807) is 0 Å². The molecule has 0 spiro atoms. The van der Waals surface area contributed by atoms with Crippen molar-refractivity contribution < 1.29 is 0 Å². The van der Waals surface area contributed by atoms with Crippen molar-refractivity contribution in [2.45, 2.75) is 5.41 Å². The van der Waals surface area contributed by atoms with E-state index in [1.165, 1.54) is 88.3 Å². The minimum Gasteiger partial charge on any atom is -0.309 e. The fraction of sp³-hybridized carbons (Fsp3) is 0.0159. The third-order valence-electron chi connectivity index (χ3n) is 13.4. The van der Waals surface area contributed by atoms with E-state index >= 15 is 0 Å². The Morgan fingerprint density at radius 1 is 0.281 bits per heavy atom. The van der Waals surface area contributed by atoms with Crippen molar-refractivity contribution in [3.05, 3.63) is 283 Å². The lowest BCUT2D eigenvalue weighted by Gasteiger charge is -2.34. The van der Waals surface area contributed by atoms with Crippen LogP contribution in [0.25, 0.3) is 66.1 Å². The Morgan fingerprint density at radius 2 is 0.766 bits per heavy atom. The Bertz CT molecular complexity index is 3430. The van der Waals surface area contributed by atoms with E-state index in [4.69, 9.17) is 0 Å². The highest BCUT2D eigenvalue weighted by Gasteiger charge is 2.46. The smallest absolute Gasteiger partial charge is 0.0713 e. The molecular formula is C63H43N. The normalized spacial score (nSPS) is 12.5. The molecule has 0 fully saturated rings. The lowest BCUT2D eigenvalue weighted by atomic mass is 9.67. The molecule has 64 heavy (non-hydrogen) atoms. The number of benzene rings is 11. The molecule has 12 rings (SSSR count). The third kappa shape index (κ3) is 6.08. The van der Waals surface area contributed by atoms with Gasteiger partial charge in [-0.15, -0.1) is 0 Å². The van der Waals surface area contributed by atoms with E-state index in [9.17, 15) is 0 Å². The molecule has 11 aromatic carbocycles. The van der Waals surface area contributed by atoms with Crippen molar-refractivity contribution in [2.75, 3.05) is 4.90 Å². The van der Waals surface area contributed by atoms with Gasteiger partial charge in [-0.2, -0.15) is 0 Å². The van der Waals surface area contributed by atoms with Gasteiger partial charge >= 0.3 is 0 Å². The zero-order chi connectivity index (χ0) is 42.5. The van der Waals surface area contributed by atoms with Crippen LogP contribution in [-0.4, -0.2) is 0 Å². The van der Waals surface area contributed by atoms with Gasteiger partial charge in [0.05, 0.1) is 16.8 Å². The van der Waals surface area contributed by atoms with E-state index in [0.29, 0.717) is 0 Å². The maximum absolute atomic E-state index is 2.46. The monoisotopic (exact) mass is 813 g/mol. The Morgan fingerprint density at radius 3 is 1.50 bits per heavy atom. The van der Waals surface area contributed by atoms with Crippen LogP contribution in [0.4, 0.5) is 17.1 Å². The van der Waals surface area contributed by atoms with Gasteiger partial charge in [-0.05, 0) is 108 Å². The summed E-state index contributed by atoms with van der Waals surface area (Å²) in [6.45, 7) is 0. The zero-order valence-corrected chi connectivity index (χ0v) is 35.3. The van der Waals surface area contributed by atoms with E-state index in [0.717, 1.165) is 17.1 Å². The van der Waals surface area contributed by atoms with Gasteiger partial charge in [-0.25, -0.2) is 0 Å². The molecule has 1 aliphatic carbocycles. The quantitative estimate of drug-likeness (QED) is 0.148. The van der Waals surface area contributed by atoms with Gasteiger partial charge in [-0.1, -0.05) is 231 Å². The van der Waals surface area contributed by atoms with E-state index < -0.39 is 5.41 Å². The summed E-state index contributed by atoms with van der Waals surface area (Å²) in [5.41, 5.74) is 17.7. The average molecular weight is 814 g/mol. The Labute approximate surface area is 374 Å². The highest BCUT2D eigenvalue weighted by atomic mass is 15.1. The predicted molar refractivity (Wildman–Crippen MR) is 270 cm³/mol. The number of rotatable bonds is 8. The Balaban J connectivity index is 1.01. The van der Waals surface area contributed by atoms with E-state index in [2.05, 4.69) is 266 Å². The highest BCUT2D eigenvalue weighted by Crippen LogP contribution is 2.59. The number of hydrogen-bond acceptors (Lipinski definition) is 1. The second-order valence-electron chi connectivity index (χ2n) is 16.8. The van der Waals surface area contributed by atoms with Crippen molar-refractivity contribution in [1.82, 2.24) is 0 Å². The second kappa shape index (κ2) is 15.6. The zero-order valence-electron chi connectivity index (χ0n) is 35.3. The standard InChI is InChI=1S/C63H43N/c1-3-21-51(22-4-1)63(52-23-5-2-6-24-52)58-29-13-11-27-57(58)62-56(28-16-30-59(62)63)55-26-12-14-31-61(55)64(60-32-15-20-48-18-9-10-25-54(48)60)53-41-39-46(40-42-53)45-33-35-47(36-34-45)50-38-37-44-17-7-8-19-49(44)43-50/h1-43H. The first-order valence-electron chi connectivity index (χ1n) is 22.2. The minimum atomic E-state index is -0.488. The lowest BCUT2D eigenvalue weighted by molar-refractivity contribution is 0.768. The van der Waals surface area contributed by atoms with E-state index in [-0.39, 0.29) is 0 Å². The molecule has 0 saturated carbocycles. The minimum absolute atomic E-state index is 0.488. The third-order valence-corrected chi connectivity index (χ3v) is 13.4. The van der Waals surface area contributed by atoms with Crippen LogP contribution in [0.15, 0.2) is 261 Å². The van der Waals surface area contributed by atoms with Crippen molar-refractivity contribution >= 4 is 38.6 Å². The van der Waals surface area contributed by atoms with Crippen molar-refractivity contribution in [3.63, 3.8) is 0 Å². The summed E-state index contributed by atoms with van der Waals surface area (Å²) in [5.74, 6) is 0. The van der Waals surface area contributed by atoms with Gasteiger partial charge in [0.25, 0.3) is 0 Å². The summed E-state index contributed by atoms with van der Waals surface area (Å²) in [7, 11) is 0. The van der Waals surface area contributed by atoms with Crippen LogP contribution in [-0.2, 0) is 5.41 Å². The van der Waals surface area contributed by atoms with Crippen LogP contribution in [0.5, 0.6) is 0 Å². The van der Waals surface area contributed by atoms with Gasteiger partial charge in [0.2, 0.25) is 0 Å². The summed E-state index contributed by atoms with van der Waals surface area (Å²) in [4.78, 5) is 2.46. The van der Waals surface area contributed by atoms with Crippen LogP contribution in [0.2, 0.25) is 0 Å². The molecule has 0 bridgehead atoms. The topological polar surface area (TPSA) is 3.24 Å². The first-order chi connectivity index (χ1) is 31.8. The molecule has 0 saturated heterocycles. The molecule has 300 valence electrons. The maximum atomic E-state index is 2.46. The average Bonchev–Trinajstić information content (AvgIpc) is 3.69. The van der Waals surface area contributed by atoms with Crippen LogP contribution in [0.3, 0.4) is 0 Å². The molecule has 0 N–H and O–H groups in total. The van der Waals surface area contributed by atoms with Crippen LogP contribution in [0, 0.1) is 0 Å². The fourth-order valence-electron chi connectivity index (χ4n) is 10.5. The molecule has 0 aromatic heterocycles. The first kappa shape index (κ1) is 37.5. The molecule has 0 aliphatic heterocycles. The second-order valence-corrected chi connectivity index (χ2v) is 16.8. The summed E-state index contributed by atoms with van der Waals surface area (Å²) in [6.07, 6.45) is 0. The number of hydrogen-bond donors (Lipinski definition) is 0. The largest absolute Gasteiger partial charge is 0.309 e. The highest BCUT2D eigenvalue weighted by molar-refractivity contribution is 6.04. The molecule has 1 nitrogen and oxygen atoms in total. The van der Waals surface area contributed by atoms with Crippen LogP contribution in [0.1, 0.15) is 22.3 Å². The van der Waals surface area contributed by atoms with Gasteiger partial charge in [0, 0.05) is 16.6 Å². The van der Waals surface area contributed by atoms with Crippen molar-refractivity contribution in [1.29, 1.82) is 0 Å². The first-order valence-corrected chi connectivity index (χ1v) is 22.2. The number of anilines is 3. The molecule has 0 radical (unpaired) electrons. The van der Waals surface area contributed by atoms with Crippen LogP contribution < -0.4 is 4.90 Å². The summed E-state index contributed by atoms with van der Waals surface area (Å²) in [6, 6.07) is 95.8. The lowest BCUT2D eigenvalue weighted by Crippen LogP contribution is -2.28. The van der Waals surface area contributed by atoms with Gasteiger partial charge < -0.3 is 4.90 Å². The van der Waals surface area contributed by atoms with Gasteiger partial charge in [-0.3, -0.25) is 0 Å². The summed E-state index contributed by atoms with van der Waals surface area (Å²) >= 11 is 0. The van der Waals surface area contributed by atoms with Crippen molar-refractivity contribution in [3.8, 4) is 44.5 Å². The van der Waals surface area contributed by atoms with Crippen LogP contribution >= 0.6 is 0 Å². The molecule has 0 amide bonds. The van der Waals surface area contributed by atoms with E-state index in [1.807, 2.05) is 0 Å². The Kier molecular flexibility index (Phi) is 9.13. The van der Waals surface area contributed by atoms with Gasteiger partial charge in [0.1, 0.15) is 0 Å². The van der Waals surface area contributed by atoms with Gasteiger partial charge in [0.15, 0.2) is 0 Å². The molecular weight excluding hydrogens is 771 g/mol. The molecule has 1 aliphatic rings. The summed E-state index contributed by atoms with van der Waals surface area (Å²) in [5, 5.41) is 4.92. The number of fused-ring (bicyclic) bond motifs is 5. The summed E-state index contributed by atoms with van der Waals surface area (Å²) < 4.78 is 0. The van der Waals surface area contributed by atoms with Crippen molar-refractivity contribution in [2.24, 2.45) is 0 Å². The maximum Gasteiger partial charge on any atom is 0.0713 e. The Hall–Kier alpha value is -8.26.